The van der Waals surface area contributed by atoms with Gasteiger partial charge in [0.25, 0.3) is 0 Å². The fraction of sp³-hybridized carbons (Fsp3) is 0.619. The summed E-state index contributed by atoms with van der Waals surface area (Å²) < 4.78 is 0. The Morgan fingerprint density at radius 3 is 2.54 bits per heavy atom. The minimum absolute atomic E-state index is 0.00919. The number of allylic oxidation sites excluding steroid dienone is 1. The second kappa shape index (κ2) is 9.36. The van der Waals surface area contributed by atoms with Crippen molar-refractivity contribution in [2.24, 2.45) is 0 Å². The van der Waals surface area contributed by atoms with Gasteiger partial charge in [0.1, 0.15) is 0 Å². The van der Waals surface area contributed by atoms with Crippen molar-refractivity contribution in [1.82, 2.24) is 10.6 Å². The van der Waals surface area contributed by atoms with E-state index >= 15 is 0 Å². The Morgan fingerprint density at radius 2 is 1.85 bits per heavy atom. The third kappa shape index (κ3) is 4.97. The number of carbonyl (C=O) groups is 2. The molecular formula is C21H30N2O2S. The topological polar surface area (TPSA) is 58.2 Å². The first-order valence-corrected chi connectivity index (χ1v) is 10.9. The maximum atomic E-state index is 12.2. The van der Waals surface area contributed by atoms with Crippen molar-refractivity contribution >= 4 is 23.2 Å². The zero-order chi connectivity index (χ0) is 18.2. The van der Waals surface area contributed by atoms with E-state index in [1.54, 1.807) is 11.3 Å². The largest absolute Gasteiger partial charge is 0.348 e. The quantitative estimate of drug-likeness (QED) is 0.582. The zero-order valence-corrected chi connectivity index (χ0v) is 16.3. The summed E-state index contributed by atoms with van der Waals surface area (Å²) in [5.41, 5.74) is 1.42. The van der Waals surface area contributed by atoms with Gasteiger partial charge in [0.05, 0.1) is 0 Å². The molecular weight excluding hydrogens is 344 g/mol. The second-order valence-corrected chi connectivity index (χ2v) is 8.56. The zero-order valence-electron chi connectivity index (χ0n) is 15.5. The molecule has 0 radical (unpaired) electrons. The molecule has 0 unspecified atom stereocenters. The van der Waals surface area contributed by atoms with Gasteiger partial charge in [-0.1, -0.05) is 37.0 Å². The van der Waals surface area contributed by atoms with Crippen LogP contribution in [0.15, 0.2) is 29.2 Å². The van der Waals surface area contributed by atoms with Gasteiger partial charge in [-0.15, -0.1) is 11.3 Å². The van der Waals surface area contributed by atoms with Crippen LogP contribution in [-0.4, -0.2) is 24.9 Å². The molecule has 26 heavy (non-hydrogen) atoms. The molecule has 2 aliphatic carbocycles. The predicted octanol–water partition coefficient (Wildman–Crippen LogP) is 4.07. The molecule has 1 heterocycles. The molecule has 0 atom stereocenters. The minimum atomic E-state index is -0.501. The summed E-state index contributed by atoms with van der Waals surface area (Å²) in [6, 6.07) is 4.24. The SMILES string of the molecule is O=C(NCCC1=CCCCC1)C(=O)NCC1(c2cccs2)CCCCC1. The van der Waals surface area contributed by atoms with E-state index in [4.69, 9.17) is 0 Å². The standard InChI is InChI=1S/C21H30N2O2S/c24-19(22-14-11-17-8-3-1-4-9-17)20(25)23-16-21(12-5-2-6-13-21)18-10-7-15-26-18/h7-8,10,15H,1-6,9,11-14,16H2,(H,22,24)(H,23,25). The van der Waals surface area contributed by atoms with Crippen molar-refractivity contribution in [2.45, 2.75) is 69.6 Å². The molecule has 2 amide bonds. The molecule has 2 aliphatic rings. The molecule has 4 nitrogen and oxygen atoms in total. The average Bonchev–Trinajstić information content (AvgIpc) is 3.23. The van der Waals surface area contributed by atoms with E-state index in [0.29, 0.717) is 13.1 Å². The van der Waals surface area contributed by atoms with Crippen molar-refractivity contribution in [3.8, 4) is 0 Å². The Morgan fingerprint density at radius 1 is 1.04 bits per heavy atom. The number of amides is 2. The molecule has 1 aromatic rings. The Bertz CT molecular complexity index is 630. The summed E-state index contributed by atoms with van der Waals surface area (Å²) in [7, 11) is 0. The number of rotatable bonds is 6. The van der Waals surface area contributed by atoms with Crippen molar-refractivity contribution in [3.63, 3.8) is 0 Å². The van der Waals surface area contributed by atoms with Gasteiger partial charge in [0, 0.05) is 23.4 Å². The monoisotopic (exact) mass is 374 g/mol. The molecule has 0 aromatic carbocycles. The van der Waals surface area contributed by atoms with Crippen LogP contribution in [0.2, 0.25) is 0 Å². The van der Waals surface area contributed by atoms with Crippen LogP contribution in [0.5, 0.6) is 0 Å². The lowest BCUT2D eigenvalue weighted by Gasteiger charge is -2.36. The van der Waals surface area contributed by atoms with E-state index in [1.807, 2.05) is 0 Å². The van der Waals surface area contributed by atoms with Gasteiger partial charge in [0.15, 0.2) is 0 Å². The highest BCUT2D eigenvalue weighted by Crippen LogP contribution is 2.41. The fourth-order valence-corrected chi connectivity index (χ4v) is 5.18. The van der Waals surface area contributed by atoms with Gasteiger partial charge in [-0.05, 0) is 56.4 Å². The lowest BCUT2D eigenvalue weighted by atomic mass is 9.73. The van der Waals surface area contributed by atoms with Crippen molar-refractivity contribution in [3.05, 3.63) is 34.0 Å². The molecule has 1 fully saturated rings. The maximum absolute atomic E-state index is 12.2. The molecule has 142 valence electrons. The van der Waals surface area contributed by atoms with Crippen LogP contribution in [0.3, 0.4) is 0 Å². The highest BCUT2D eigenvalue weighted by molar-refractivity contribution is 7.10. The van der Waals surface area contributed by atoms with Crippen molar-refractivity contribution in [1.29, 1.82) is 0 Å². The predicted molar refractivity (Wildman–Crippen MR) is 106 cm³/mol. The minimum Gasteiger partial charge on any atom is -0.348 e. The lowest BCUT2D eigenvalue weighted by Crippen LogP contribution is -2.47. The van der Waals surface area contributed by atoms with E-state index in [1.165, 1.54) is 42.6 Å². The average molecular weight is 375 g/mol. The Hall–Kier alpha value is -1.62. The van der Waals surface area contributed by atoms with Crippen molar-refractivity contribution < 1.29 is 9.59 Å². The third-order valence-electron chi connectivity index (χ3n) is 5.76. The lowest BCUT2D eigenvalue weighted by molar-refractivity contribution is -0.139. The van der Waals surface area contributed by atoms with Crippen LogP contribution in [0.25, 0.3) is 0 Å². The fourth-order valence-electron chi connectivity index (χ4n) is 4.20. The smallest absolute Gasteiger partial charge is 0.309 e. The van der Waals surface area contributed by atoms with Crippen LogP contribution >= 0.6 is 11.3 Å². The number of carbonyl (C=O) groups excluding carboxylic acids is 2. The highest BCUT2D eigenvalue weighted by Gasteiger charge is 2.35. The first-order chi connectivity index (χ1) is 12.7. The number of hydrogen-bond donors (Lipinski definition) is 2. The van der Waals surface area contributed by atoms with E-state index < -0.39 is 11.8 Å². The van der Waals surface area contributed by atoms with Crippen LogP contribution in [-0.2, 0) is 15.0 Å². The Labute approximate surface area is 160 Å². The van der Waals surface area contributed by atoms with E-state index in [-0.39, 0.29) is 5.41 Å². The number of nitrogens with one attached hydrogen (secondary N) is 2. The number of thiophene rings is 1. The Kier molecular flexibility index (Phi) is 6.89. The van der Waals surface area contributed by atoms with Crippen LogP contribution in [0, 0.1) is 0 Å². The first-order valence-electron chi connectivity index (χ1n) is 9.98. The molecule has 2 N–H and O–H groups in total. The van der Waals surface area contributed by atoms with Gasteiger partial charge in [-0.25, -0.2) is 0 Å². The summed E-state index contributed by atoms with van der Waals surface area (Å²) in [5, 5.41) is 7.78. The normalized spacial score (nSPS) is 19.5. The molecule has 1 saturated carbocycles. The summed E-state index contributed by atoms with van der Waals surface area (Å²) in [6.07, 6.45) is 13.7. The van der Waals surface area contributed by atoms with Crippen LogP contribution < -0.4 is 10.6 Å². The van der Waals surface area contributed by atoms with E-state index in [9.17, 15) is 9.59 Å². The Balaban J connectivity index is 1.47. The molecule has 1 aromatic heterocycles. The first kappa shape index (κ1) is 19.2. The molecule has 5 heteroatoms. The molecule has 3 rings (SSSR count). The molecule has 0 bridgehead atoms. The van der Waals surface area contributed by atoms with E-state index in [0.717, 1.165) is 32.1 Å². The number of hydrogen-bond acceptors (Lipinski definition) is 3. The second-order valence-electron chi connectivity index (χ2n) is 7.62. The summed E-state index contributed by atoms with van der Waals surface area (Å²) in [4.78, 5) is 25.7. The molecule has 0 aliphatic heterocycles. The summed E-state index contributed by atoms with van der Waals surface area (Å²) in [6.45, 7) is 1.11. The van der Waals surface area contributed by atoms with Crippen LogP contribution in [0.1, 0.15) is 69.1 Å². The molecule has 0 spiro atoms. The summed E-state index contributed by atoms with van der Waals surface area (Å²) >= 11 is 1.76. The van der Waals surface area contributed by atoms with Gasteiger partial charge in [0.2, 0.25) is 0 Å². The van der Waals surface area contributed by atoms with E-state index in [2.05, 4.69) is 34.2 Å². The van der Waals surface area contributed by atoms with Crippen molar-refractivity contribution in [2.75, 3.05) is 13.1 Å². The van der Waals surface area contributed by atoms with Gasteiger partial charge in [-0.3, -0.25) is 9.59 Å². The highest BCUT2D eigenvalue weighted by atomic mass is 32.1. The molecule has 0 saturated heterocycles. The summed E-state index contributed by atoms with van der Waals surface area (Å²) in [5.74, 6) is -0.998. The van der Waals surface area contributed by atoms with Gasteiger partial charge >= 0.3 is 11.8 Å². The van der Waals surface area contributed by atoms with Gasteiger partial charge in [-0.2, -0.15) is 0 Å². The maximum Gasteiger partial charge on any atom is 0.309 e. The third-order valence-corrected chi connectivity index (χ3v) is 6.88. The van der Waals surface area contributed by atoms with Gasteiger partial charge < -0.3 is 10.6 Å². The van der Waals surface area contributed by atoms with Crippen LogP contribution in [0.4, 0.5) is 0 Å².